The molecular formula is C17H29N3O. The molecule has 0 amide bonds. The summed E-state index contributed by atoms with van der Waals surface area (Å²) in [4.78, 5) is 4.96. The second-order valence-electron chi connectivity index (χ2n) is 5.90. The predicted molar refractivity (Wildman–Crippen MR) is 87.6 cm³/mol. The molecule has 1 fully saturated rings. The van der Waals surface area contributed by atoms with Gasteiger partial charge in [0.2, 0.25) is 0 Å². The van der Waals surface area contributed by atoms with Gasteiger partial charge in [0, 0.05) is 26.2 Å². The molecule has 0 bridgehead atoms. The van der Waals surface area contributed by atoms with E-state index >= 15 is 0 Å². The summed E-state index contributed by atoms with van der Waals surface area (Å²) in [6.07, 6.45) is 3.82. The van der Waals surface area contributed by atoms with Crippen LogP contribution in [0, 0.1) is 0 Å². The van der Waals surface area contributed by atoms with Crippen LogP contribution < -0.4 is 10.5 Å². The van der Waals surface area contributed by atoms with E-state index in [9.17, 15) is 0 Å². The van der Waals surface area contributed by atoms with Gasteiger partial charge in [0.05, 0.1) is 6.61 Å². The van der Waals surface area contributed by atoms with E-state index in [-0.39, 0.29) is 0 Å². The third-order valence-electron chi connectivity index (χ3n) is 4.11. The number of likely N-dealkylation sites (N-methyl/N-ethyl adjacent to an activating group) is 1. The lowest BCUT2D eigenvalue weighted by atomic mass is 10.2. The minimum absolute atomic E-state index is 0.585. The van der Waals surface area contributed by atoms with E-state index in [0.29, 0.717) is 6.54 Å². The SMILES string of the molecule is CN(CCCOc1ccc(CN)cc1)CCN1CCCC1. The number of likely N-dealkylation sites (tertiary alicyclic amines) is 1. The highest BCUT2D eigenvalue weighted by molar-refractivity contribution is 5.26. The van der Waals surface area contributed by atoms with Crippen molar-refractivity contribution in [3.63, 3.8) is 0 Å². The maximum Gasteiger partial charge on any atom is 0.119 e. The summed E-state index contributed by atoms with van der Waals surface area (Å²) in [5, 5.41) is 0. The molecule has 1 aromatic carbocycles. The standard InChI is InChI=1S/C17H29N3O/c1-19(12-13-20-10-2-3-11-20)9-4-14-21-17-7-5-16(15-18)6-8-17/h5-8H,2-4,9-15,18H2,1H3. The van der Waals surface area contributed by atoms with Crippen LogP contribution in [0.4, 0.5) is 0 Å². The van der Waals surface area contributed by atoms with Crippen LogP contribution in [0.25, 0.3) is 0 Å². The Labute approximate surface area is 128 Å². The van der Waals surface area contributed by atoms with Crippen molar-refractivity contribution >= 4 is 0 Å². The van der Waals surface area contributed by atoms with Crippen molar-refractivity contribution < 1.29 is 4.74 Å². The summed E-state index contributed by atoms with van der Waals surface area (Å²) in [6.45, 7) is 7.39. The topological polar surface area (TPSA) is 41.7 Å². The molecular weight excluding hydrogens is 262 g/mol. The molecule has 0 saturated carbocycles. The molecule has 4 nitrogen and oxygen atoms in total. The minimum atomic E-state index is 0.585. The van der Waals surface area contributed by atoms with Gasteiger partial charge in [-0.2, -0.15) is 0 Å². The maximum absolute atomic E-state index is 5.76. The Morgan fingerprint density at radius 1 is 1.14 bits per heavy atom. The molecule has 1 aliphatic heterocycles. The highest BCUT2D eigenvalue weighted by Crippen LogP contribution is 2.12. The summed E-state index contributed by atoms with van der Waals surface area (Å²) in [7, 11) is 2.20. The zero-order chi connectivity index (χ0) is 14.9. The van der Waals surface area contributed by atoms with Gasteiger partial charge in [-0.3, -0.25) is 0 Å². The normalized spacial score (nSPS) is 15.8. The Kier molecular flexibility index (Phi) is 7.00. The van der Waals surface area contributed by atoms with E-state index < -0.39 is 0 Å². The Balaban J connectivity index is 1.53. The van der Waals surface area contributed by atoms with E-state index in [0.717, 1.165) is 37.4 Å². The molecule has 1 saturated heterocycles. The minimum Gasteiger partial charge on any atom is -0.494 e. The van der Waals surface area contributed by atoms with Gasteiger partial charge in [-0.15, -0.1) is 0 Å². The molecule has 0 atom stereocenters. The molecule has 2 rings (SSSR count). The molecule has 1 aromatic rings. The average molecular weight is 291 g/mol. The van der Waals surface area contributed by atoms with Gasteiger partial charge in [0.15, 0.2) is 0 Å². The predicted octanol–water partition coefficient (Wildman–Crippen LogP) is 1.94. The third kappa shape index (κ3) is 6.04. The van der Waals surface area contributed by atoms with E-state index in [4.69, 9.17) is 10.5 Å². The second-order valence-corrected chi connectivity index (χ2v) is 5.90. The first-order chi connectivity index (χ1) is 10.3. The van der Waals surface area contributed by atoms with E-state index in [1.165, 1.54) is 32.5 Å². The van der Waals surface area contributed by atoms with Crippen LogP contribution in [0.3, 0.4) is 0 Å². The van der Waals surface area contributed by atoms with Crippen LogP contribution in [0.5, 0.6) is 5.75 Å². The molecule has 0 spiro atoms. The Bertz CT molecular complexity index is 388. The van der Waals surface area contributed by atoms with Gasteiger partial charge < -0.3 is 20.3 Å². The molecule has 2 N–H and O–H groups in total. The van der Waals surface area contributed by atoms with Gasteiger partial charge >= 0.3 is 0 Å². The first kappa shape index (κ1) is 16.3. The zero-order valence-electron chi connectivity index (χ0n) is 13.3. The third-order valence-corrected chi connectivity index (χ3v) is 4.11. The first-order valence-electron chi connectivity index (χ1n) is 8.10. The van der Waals surface area contributed by atoms with Gasteiger partial charge in [0.1, 0.15) is 5.75 Å². The monoisotopic (exact) mass is 291 g/mol. The summed E-state index contributed by atoms with van der Waals surface area (Å²) in [6, 6.07) is 8.05. The Hall–Kier alpha value is -1.10. The Morgan fingerprint density at radius 3 is 2.52 bits per heavy atom. The lowest BCUT2D eigenvalue weighted by Crippen LogP contribution is -2.32. The molecule has 0 unspecified atom stereocenters. The van der Waals surface area contributed by atoms with Crippen LogP contribution in [0.2, 0.25) is 0 Å². The molecule has 1 heterocycles. The zero-order valence-corrected chi connectivity index (χ0v) is 13.3. The molecule has 118 valence electrons. The van der Waals surface area contributed by atoms with Crippen LogP contribution >= 0.6 is 0 Å². The second kappa shape index (κ2) is 9.03. The van der Waals surface area contributed by atoms with Crippen molar-refractivity contribution in [2.45, 2.75) is 25.8 Å². The lowest BCUT2D eigenvalue weighted by Gasteiger charge is -2.21. The van der Waals surface area contributed by atoms with Crippen LogP contribution in [-0.2, 0) is 6.54 Å². The summed E-state index contributed by atoms with van der Waals surface area (Å²) < 4.78 is 5.76. The number of rotatable bonds is 9. The van der Waals surface area contributed by atoms with Crippen molar-refractivity contribution in [1.82, 2.24) is 9.80 Å². The van der Waals surface area contributed by atoms with Crippen LogP contribution in [0.1, 0.15) is 24.8 Å². The van der Waals surface area contributed by atoms with Crippen molar-refractivity contribution in [2.75, 3.05) is 46.4 Å². The number of ether oxygens (including phenoxy) is 1. The highest BCUT2D eigenvalue weighted by atomic mass is 16.5. The van der Waals surface area contributed by atoms with E-state index in [1.807, 2.05) is 24.3 Å². The van der Waals surface area contributed by atoms with Crippen LogP contribution in [0.15, 0.2) is 24.3 Å². The van der Waals surface area contributed by atoms with Gasteiger partial charge in [-0.1, -0.05) is 12.1 Å². The fourth-order valence-corrected chi connectivity index (χ4v) is 2.68. The Morgan fingerprint density at radius 2 is 1.86 bits per heavy atom. The smallest absolute Gasteiger partial charge is 0.119 e. The average Bonchev–Trinajstić information content (AvgIpc) is 3.03. The number of hydrogen-bond donors (Lipinski definition) is 1. The molecule has 0 radical (unpaired) electrons. The molecule has 0 aromatic heterocycles. The molecule has 4 heteroatoms. The van der Waals surface area contributed by atoms with E-state index in [2.05, 4.69) is 16.8 Å². The quantitative estimate of drug-likeness (QED) is 0.706. The molecule has 21 heavy (non-hydrogen) atoms. The number of benzene rings is 1. The number of nitrogens with zero attached hydrogens (tertiary/aromatic N) is 2. The lowest BCUT2D eigenvalue weighted by molar-refractivity contribution is 0.233. The maximum atomic E-state index is 5.76. The van der Waals surface area contributed by atoms with Gasteiger partial charge in [-0.25, -0.2) is 0 Å². The molecule has 0 aliphatic carbocycles. The largest absolute Gasteiger partial charge is 0.494 e. The van der Waals surface area contributed by atoms with Crippen molar-refractivity contribution in [1.29, 1.82) is 0 Å². The van der Waals surface area contributed by atoms with Crippen LogP contribution in [-0.4, -0.2) is 56.2 Å². The first-order valence-corrected chi connectivity index (χ1v) is 8.10. The van der Waals surface area contributed by atoms with Gasteiger partial charge in [-0.05, 0) is 57.1 Å². The summed E-state index contributed by atoms with van der Waals surface area (Å²) >= 11 is 0. The summed E-state index contributed by atoms with van der Waals surface area (Å²) in [5.41, 5.74) is 6.72. The highest BCUT2D eigenvalue weighted by Gasteiger charge is 2.11. The van der Waals surface area contributed by atoms with E-state index in [1.54, 1.807) is 0 Å². The molecule has 1 aliphatic rings. The van der Waals surface area contributed by atoms with Crippen molar-refractivity contribution in [2.24, 2.45) is 5.73 Å². The van der Waals surface area contributed by atoms with Crippen molar-refractivity contribution in [3.8, 4) is 5.75 Å². The fourth-order valence-electron chi connectivity index (χ4n) is 2.68. The number of hydrogen-bond acceptors (Lipinski definition) is 4. The fraction of sp³-hybridized carbons (Fsp3) is 0.647. The summed E-state index contributed by atoms with van der Waals surface area (Å²) in [5.74, 6) is 0.937. The number of nitrogens with two attached hydrogens (primary N) is 1. The van der Waals surface area contributed by atoms with Gasteiger partial charge in [0.25, 0.3) is 0 Å². The van der Waals surface area contributed by atoms with Crippen molar-refractivity contribution in [3.05, 3.63) is 29.8 Å².